The Morgan fingerprint density at radius 3 is 2.14 bits per heavy atom. The van der Waals surface area contributed by atoms with E-state index in [0.29, 0.717) is 5.91 Å². The van der Waals surface area contributed by atoms with Gasteiger partial charge in [-0.1, -0.05) is 13.3 Å². The van der Waals surface area contributed by atoms with E-state index in [4.69, 9.17) is 0 Å². The molecule has 0 atom stereocenters. The number of nitrogens with one attached hydrogen (secondary N) is 1. The lowest BCUT2D eigenvalue weighted by molar-refractivity contribution is -0.147. The number of rotatable bonds is 3. The number of piperidine rings is 1. The Morgan fingerprint density at radius 2 is 1.67 bits per heavy atom. The second-order valence-electron chi connectivity index (χ2n) is 7.73. The molecule has 21 heavy (non-hydrogen) atoms. The Labute approximate surface area is 130 Å². The largest absolute Gasteiger partial charge is 0.340 e. The van der Waals surface area contributed by atoms with Gasteiger partial charge in [-0.05, 0) is 53.1 Å². The molecular weight excluding hydrogens is 262 g/mol. The van der Waals surface area contributed by atoms with Crippen LogP contribution < -0.4 is 5.32 Å². The van der Waals surface area contributed by atoms with Gasteiger partial charge in [0.15, 0.2) is 0 Å². The van der Waals surface area contributed by atoms with E-state index < -0.39 is 0 Å². The molecule has 2 saturated heterocycles. The van der Waals surface area contributed by atoms with Gasteiger partial charge >= 0.3 is 0 Å². The van der Waals surface area contributed by atoms with Gasteiger partial charge in [0, 0.05) is 31.7 Å². The molecule has 0 saturated carbocycles. The summed E-state index contributed by atoms with van der Waals surface area (Å²) in [6.07, 6.45) is 4.18. The summed E-state index contributed by atoms with van der Waals surface area (Å²) in [6.45, 7) is 14.8. The van der Waals surface area contributed by atoms with Gasteiger partial charge in [0.05, 0.1) is 5.41 Å². The molecule has 0 unspecified atom stereocenters. The van der Waals surface area contributed by atoms with Crippen molar-refractivity contribution in [3.05, 3.63) is 0 Å². The molecule has 0 spiro atoms. The third-order valence-electron chi connectivity index (χ3n) is 5.26. The van der Waals surface area contributed by atoms with Crippen molar-refractivity contribution >= 4 is 5.91 Å². The first-order valence-electron chi connectivity index (χ1n) is 8.64. The van der Waals surface area contributed by atoms with Crippen LogP contribution in [0, 0.1) is 5.41 Å². The van der Waals surface area contributed by atoms with Gasteiger partial charge in [-0.2, -0.15) is 0 Å². The minimum Gasteiger partial charge on any atom is -0.340 e. The zero-order valence-corrected chi connectivity index (χ0v) is 14.4. The van der Waals surface area contributed by atoms with Gasteiger partial charge in [0.1, 0.15) is 0 Å². The van der Waals surface area contributed by atoms with Crippen molar-refractivity contribution < 1.29 is 4.79 Å². The lowest BCUT2D eigenvalue weighted by Crippen LogP contribution is -2.58. The normalized spacial score (nSPS) is 24.1. The van der Waals surface area contributed by atoms with Crippen LogP contribution in [0.1, 0.15) is 53.4 Å². The number of hydrogen-bond acceptors (Lipinski definition) is 3. The highest BCUT2D eigenvalue weighted by Crippen LogP contribution is 2.36. The fraction of sp³-hybridized carbons (Fsp3) is 0.941. The maximum atomic E-state index is 13.1. The van der Waals surface area contributed by atoms with Crippen LogP contribution in [0.15, 0.2) is 0 Å². The average molecular weight is 295 g/mol. The lowest BCUT2D eigenvalue weighted by atomic mass is 9.74. The highest BCUT2D eigenvalue weighted by molar-refractivity contribution is 5.83. The maximum Gasteiger partial charge on any atom is 0.228 e. The zero-order chi connectivity index (χ0) is 15.5. The number of hydrogen-bond donors (Lipinski definition) is 1. The zero-order valence-electron chi connectivity index (χ0n) is 14.4. The van der Waals surface area contributed by atoms with E-state index in [1.807, 2.05) is 0 Å². The van der Waals surface area contributed by atoms with Crippen LogP contribution in [-0.2, 0) is 4.79 Å². The SMILES string of the molecule is CCCC1(C(=O)N2CCN(C(C)(C)C)CC2)CCNCC1. The Kier molecular flexibility index (Phi) is 5.31. The van der Waals surface area contributed by atoms with Crippen molar-refractivity contribution in [2.75, 3.05) is 39.3 Å². The predicted octanol–water partition coefficient (Wildman–Crippen LogP) is 2.10. The molecule has 0 bridgehead atoms. The summed E-state index contributed by atoms with van der Waals surface area (Å²) in [7, 11) is 0. The minimum atomic E-state index is -0.0795. The highest BCUT2D eigenvalue weighted by atomic mass is 16.2. The smallest absolute Gasteiger partial charge is 0.228 e. The van der Waals surface area contributed by atoms with Crippen molar-refractivity contribution in [3.63, 3.8) is 0 Å². The predicted molar refractivity (Wildman–Crippen MR) is 87.4 cm³/mol. The van der Waals surface area contributed by atoms with E-state index in [1.165, 1.54) is 0 Å². The number of nitrogens with zero attached hydrogens (tertiary/aromatic N) is 2. The molecule has 2 aliphatic heterocycles. The Morgan fingerprint density at radius 1 is 1.10 bits per heavy atom. The van der Waals surface area contributed by atoms with Crippen LogP contribution in [0.5, 0.6) is 0 Å². The van der Waals surface area contributed by atoms with Crippen molar-refractivity contribution in [1.82, 2.24) is 15.1 Å². The molecule has 4 nitrogen and oxygen atoms in total. The van der Waals surface area contributed by atoms with E-state index in [1.54, 1.807) is 0 Å². The summed E-state index contributed by atoms with van der Waals surface area (Å²) in [5.74, 6) is 0.430. The van der Waals surface area contributed by atoms with Crippen LogP contribution >= 0.6 is 0 Å². The number of carbonyl (C=O) groups is 1. The topological polar surface area (TPSA) is 35.6 Å². The fourth-order valence-electron chi connectivity index (χ4n) is 3.87. The Balaban J connectivity index is 1.99. The summed E-state index contributed by atoms with van der Waals surface area (Å²) < 4.78 is 0. The average Bonchev–Trinajstić information content (AvgIpc) is 2.47. The summed E-state index contributed by atoms with van der Waals surface area (Å²) in [6, 6.07) is 0. The standard InChI is InChI=1S/C17H33N3O/c1-5-6-17(7-9-18-10-8-17)15(21)19-11-13-20(14-12-19)16(2,3)4/h18H,5-14H2,1-4H3. The van der Waals surface area contributed by atoms with Crippen LogP contribution in [0.4, 0.5) is 0 Å². The third kappa shape index (κ3) is 3.78. The molecule has 0 aromatic rings. The highest BCUT2D eigenvalue weighted by Gasteiger charge is 2.42. The van der Waals surface area contributed by atoms with Crippen LogP contribution in [0.3, 0.4) is 0 Å². The molecule has 2 aliphatic rings. The lowest BCUT2D eigenvalue weighted by Gasteiger charge is -2.46. The van der Waals surface area contributed by atoms with E-state index >= 15 is 0 Å². The molecule has 0 aromatic heterocycles. The van der Waals surface area contributed by atoms with Gasteiger partial charge in [0.2, 0.25) is 5.91 Å². The summed E-state index contributed by atoms with van der Waals surface area (Å²) in [5, 5.41) is 3.40. The first-order valence-corrected chi connectivity index (χ1v) is 8.64. The summed E-state index contributed by atoms with van der Waals surface area (Å²) in [5.41, 5.74) is 0.134. The van der Waals surface area contributed by atoms with Crippen molar-refractivity contribution in [3.8, 4) is 0 Å². The first kappa shape index (κ1) is 16.8. The number of amides is 1. The third-order valence-corrected chi connectivity index (χ3v) is 5.26. The fourth-order valence-corrected chi connectivity index (χ4v) is 3.87. The van der Waals surface area contributed by atoms with E-state index in [2.05, 4.69) is 42.8 Å². The molecule has 4 heteroatoms. The molecule has 0 aliphatic carbocycles. The van der Waals surface area contributed by atoms with Crippen molar-refractivity contribution in [1.29, 1.82) is 0 Å². The number of piperazine rings is 1. The molecule has 1 amide bonds. The van der Waals surface area contributed by atoms with E-state index in [9.17, 15) is 4.79 Å². The second kappa shape index (κ2) is 6.66. The van der Waals surface area contributed by atoms with E-state index in [-0.39, 0.29) is 11.0 Å². The van der Waals surface area contributed by atoms with Gasteiger partial charge in [-0.25, -0.2) is 0 Å². The second-order valence-corrected chi connectivity index (χ2v) is 7.73. The monoisotopic (exact) mass is 295 g/mol. The Hall–Kier alpha value is -0.610. The summed E-state index contributed by atoms with van der Waals surface area (Å²) >= 11 is 0. The molecule has 1 N–H and O–H groups in total. The number of carbonyl (C=O) groups excluding carboxylic acids is 1. The van der Waals surface area contributed by atoms with Crippen molar-refractivity contribution in [2.45, 2.75) is 58.9 Å². The molecule has 2 rings (SSSR count). The molecule has 2 heterocycles. The first-order chi connectivity index (χ1) is 9.89. The van der Waals surface area contributed by atoms with E-state index in [0.717, 1.165) is 65.0 Å². The van der Waals surface area contributed by atoms with Crippen LogP contribution in [-0.4, -0.2) is 60.5 Å². The maximum absolute atomic E-state index is 13.1. The molecular formula is C17H33N3O. The molecule has 122 valence electrons. The van der Waals surface area contributed by atoms with Gasteiger partial charge in [-0.3, -0.25) is 9.69 Å². The summed E-state index contributed by atoms with van der Waals surface area (Å²) in [4.78, 5) is 17.7. The molecule has 2 fully saturated rings. The molecule has 0 aromatic carbocycles. The Bertz CT molecular complexity index is 342. The van der Waals surface area contributed by atoms with Gasteiger partial charge in [-0.15, -0.1) is 0 Å². The quantitative estimate of drug-likeness (QED) is 0.866. The van der Waals surface area contributed by atoms with Gasteiger partial charge in [0.25, 0.3) is 0 Å². The van der Waals surface area contributed by atoms with Gasteiger partial charge < -0.3 is 10.2 Å². The minimum absolute atomic E-state index is 0.0795. The van der Waals surface area contributed by atoms with Crippen LogP contribution in [0.25, 0.3) is 0 Å². The van der Waals surface area contributed by atoms with Crippen molar-refractivity contribution in [2.24, 2.45) is 5.41 Å². The van der Waals surface area contributed by atoms with Crippen LogP contribution in [0.2, 0.25) is 0 Å². The molecule has 0 radical (unpaired) electrons.